The number of para-hydroxylation sites is 1. The lowest BCUT2D eigenvalue weighted by Gasteiger charge is -2.16. The maximum Gasteiger partial charge on any atom is 0.278 e. The Morgan fingerprint density at radius 2 is 1.48 bits per heavy atom. The number of benzene rings is 3. The SMILES string of the molecule is O=C(Nc1ccccc1)c1ccc(CNC2=C(Cl)C(=O)N(Cc3ccccc3Cl)C2=O)cc1. The van der Waals surface area contributed by atoms with E-state index in [0.717, 1.165) is 10.5 Å². The molecule has 2 N–H and O–H groups in total. The molecule has 33 heavy (non-hydrogen) atoms. The van der Waals surface area contributed by atoms with Gasteiger partial charge in [0.2, 0.25) is 0 Å². The van der Waals surface area contributed by atoms with Gasteiger partial charge in [-0.15, -0.1) is 0 Å². The first-order valence-electron chi connectivity index (χ1n) is 10.1. The number of hydrogen-bond donors (Lipinski definition) is 2. The van der Waals surface area contributed by atoms with Crippen molar-refractivity contribution in [1.82, 2.24) is 10.2 Å². The van der Waals surface area contributed by atoms with Crippen molar-refractivity contribution in [1.29, 1.82) is 0 Å². The molecule has 3 amide bonds. The minimum Gasteiger partial charge on any atom is -0.375 e. The topological polar surface area (TPSA) is 78.5 Å². The molecule has 8 heteroatoms. The van der Waals surface area contributed by atoms with Crippen molar-refractivity contribution in [2.24, 2.45) is 0 Å². The summed E-state index contributed by atoms with van der Waals surface area (Å²) in [5, 5.41) is 6.08. The molecule has 0 aromatic heterocycles. The second kappa shape index (κ2) is 9.90. The van der Waals surface area contributed by atoms with Gasteiger partial charge in [0.25, 0.3) is 17.7 Å². The van der Waals surface area contributed by atoms with Crippen LogP contribution in [0.1, 0.15) is 21.5 Å². The van der Waals surface area contributed by atoms with E-state index in [9.17, 15) is 14.4 Å². The van der Waals surface area contributed by atoms with Crippen molar-refractivity contribution in [2.75, 3.05) is 5.32 Å². The largest absolute Gasteiger partial charge is 0.375 e. The van der Waals surface area contributed by atoms with Gasteiger partial charge < -0.3 is 10.6 Å². The molecule has 1 aliphatic rings. The third kappa shape index (κ3) is 5.08. The Labute approximate surface area is 200 Å². The molecule has 0 fully saturated rings. The van der Waals surface area contributed by atoms with E-state index in [4.69, 9.17) is 23.2 Å². The first kappa shape index (κ1) is 22.6. The van der Waals surface area contributed by atoms with Gasteiger partial charge in [-0.05, 0) is 41.5 Å². The van der Waals surface area contributed by atoms with Crippen LogP contribution < -0.4 is 10.6 Å². The number of anilines is 1. The number of carbonyl (C=O) groups is 3. The fraction of sp³-hybridized carbons (Fsp3) is 0.0800. The summed E-state index contributed by atoms with van der Waals surface area (Å²) < 4.78 is 0. The summed E-state index contributed by atoms with van der Waals surface area (Å²) in [6.45, 7) is 0.287. The number of imide groups is 1. The summed E-state index contributed by atoms with van der Waals surface area (Å²) in [5.41, 5.74) is 2.71. The molecule has 4 rings (SSSR count). The first-order chi connectivity index (χ1) is 15.9. The van der Waals surface area contributed by atoms with E-state index >= 15 is 0 Å². The van der Waals surface area contributed by atoms with Gasteiger partial charge in [-0.1, -0.05) is 71.7 Å². The van der Waals surface area contributed by atoms with Crippen LogP contribution in [0.4, 0.5) is 5.69 Å². The number of amides is 3. The molecule has 3 aromatic carbocycles. The zero-order valence-corrected chi connectivity index (χ0v) is 18.9. The molecule has 0 unspecified atom stereocenters. The number of halogens is 2. The zero-order chi connectivity index (χ0) is 23.4. The smallest absolute Gasteiger partial charge is 0.278 e. The molecule has 0 atom stereocenters. The molecular weight excluding hydrogens is 461 g/mol. The lowest BCUT2D eigenvalue weighted by atomic mass is 10.1. The summed E-state index contributed by atoms with van der Waals surface area (Å²) in [7, 11) is 0. The highest BCUT2D eigenvalue weighted by atomic mass is 35.5. The number of nitrogens with zero attached hydrogens (tertiary/aromatic N) is 1. The number of carbonyl (C=O) groups excluding carboxylic acids is 3. The monoisotopic (exact) mass is 479 g/mol. The van der Waals surface area contributed by atoms with Crippen molar-refractivity contribution in [2.45, 2.75) is 13.1 Å². The van der Waals surface area contributed by atoms with Crippen LogP contribution >= 0.6 is 23.2 Å². The number of hydrogen-bond acceptors (Lipinski definition) is 4. The molecule has 0 radical (unpaired) electrons. The first-order valence-corrected chi connectivity index (χ1v) is 10.9. The summed E-state index contributed by atoms with van der Waals surface area (Å²) in [5.74, 6) is -1.31. The minimum atomic E-state index is -0.572. The zero-order valence-electron chi connectivity index (χ0n) is 17.3. The average Bonchev–Trinajstić information content (AvgIpc) is 3.03. The van der Waals surface area contributed by atoms with E-state index in [1.54, 1.807) is 48.5 Å². The molecule has 0 bridgehead atoms. The highest BCUT2D eigenvalue weighted by molar-refractivity contribution is 6.47. The predicted octanol–water partition coefficient (Wildman–Crippen LogP) is 4.70. The van der Waals surface area contributed by atoms with E-state index < -0.39 is 11.8 Å². The van der Waals surface area contributed by atoms with E-state index in [1.807, 2.05) is 30.3 Å². The van der Waals surface area contributed by atoms with Crippen LogP contribution in [-0.2, 0) is 22.7 Å². The Balaban J connectivity index is 1.38. The lowest BCUT2D eigenvalue weighted by Crippen LogP contribution is -2.33. The van der Waals surface area contributed by atoms with Gasteiger partial charge in [-0.2, -0.15) is 0 Å². The van der Waals surface area contributed by atoms with Crippen LogP contribution in [0.5, 0.6) is 0 Å². The Hall–Kier alpha value is -3.61. The highest BCUT2D eigenvalue weighted by Gasteiger charge is 2.37. The molecule has 3 aromatic rings. The van der Waals surface area contributed by atoms with Crippen LogP contribution in [0.3, 0.4) is 0 Å². The van der Waals surface area contributed by atoms with E-state index in [1.165, 1.54) is 0 Å². The fourth-order valence-corrected chi connectivity index (χ4v) is 3.77. The Kier molecular flexibility index (Phi) is 6.77. The average molecular weight is 480 g/mol. The Morgan fingerprint density at radius 1 is 0.818 bits per heavy atom. The van der Waals surface area contributed by atoms with E-state index in [-0.39, 0.29) is 29.7 Å². The summed E-state index contributed by atoms with van der Waals surface area (Å²) >= 11 is 12.3. The third-order valence-electron chi connectivity index (χ3n) is 5.11. The van der Waals surface area contributed by atoms with Gasteiger partial charge in [0.05, 0.1) is 6.54 Å². The molecule has 1 aliphatic heterocycles. The van der Waals surface area contributed by atoms with Crippen LogP contribution in [0, 0.1) is 0 Å². The van der Waals surface area contributed by atoms with Crippen molar-refractivity contribution < 1.29 is 14.4 Å². The minimum absolute atomic E-state index is 0.0317. The van der Waals surface area contributed by atoms with Crippen molar-refractivity contribution in [3.05, 3.63) is 111 Å². The Bertz CT molecular complexity index is 1240. The van der Waals surface area contributed by atoms with Crippen LogP contribution in [0.2, 0.25) is 5.02 Å². The second-order valence-electron chi connectivity index (χ2n) is 7.35. The van der Waals surface area contributed by atoms with Crippen LogP contribution in [-0.4, -0.2) is 22.6 Å². The van der Waals surface area contributed by atoms with Crippen molar-refractivity contribution >= 4 is 46.6 Å². The fourth-order valence-electron chi connectivity index (χ4n) is 3.33. The highest BCUT2D eigenvalue weighted by Crippen LogP contribution is 2.26. The van der Waals surface area contributed by atoms with Crippen LogP contribution in [0.25, 0.3) is 0 Å². The second-order valence-corrected chi connectivity index (χ2v) is 8.13. The molecule has 1 heterocycles. The summed E-state index contributed by atoms with van der Waals surface area (Å²) in [6.07, 6.45) is 0. The number of nitrogens with one attached hydrogen (secondary N) is 2. The maximum atomic E-state index is 12.8. The van der Waals surface area contributed by atoms with Gasteiger partial charge in [0, 0.05) is 22.8 Å². The quantitative estimate of drug-likeness (QED) is 0.481. The van der Waals surface area contributed by atoms with Gasteiger partial charge >= 0.3 is 0 Å². The third-order valence-corrected chi connectivity index (χ3v) is 5.83. The van der Waals surface area contributed by atoms with Gasteiger partial charge in [-0.3, -0.25) is 19.3 Å². The normalized spacial score (nSPS) is 13.5. The summed E-state index contributed by atoms with van der Waals surface area (Å²) in [6, 6.07) is 23.1. The molecular formula is C25H19Cl2N3O3. The molecule has 0 saturated heterocycles. The molecule has 0 aliphatic carbocycles. The molecule has 6 nitrogen and oxygen atoms in total. The maximum absolute atomic E-state index is 12.8. The molecule has 166 valence electrons. The van der Waals surface area contributed by atoms with E-state index in [0.29, 0.717) is 21.8 Å². The molecule has 0 saturated carbocycles. The standard InChI is InChI=1S/C25H19Cl2N3O3/c26-20-9-5-4-6-18(20)15-30-24(32)21(27)22(25(30)33)28-14-16-10-12-17(13-11-16)23(31)29-19-7-2-1-3-8-19/h1-13,28H,14-15H2,(H,29,31). The molecule has 0 spiro atoms. The van der Waals surface area contributed by atoms with Gasteiger partial charge in [0.1, 0.15) is 10.7 Å². The van der Waals surface area contributed by atoms with Gasteiger partial charge in [-0.25, -0.2) is 0 Å². The van der Waals surface area contributed by atoms with E-state index in [2.05, 4.69) is 10.6 Å². The van der Waals surface area contributed by atoms with Gasteiger partial charge in [0.15, 0.2) is 0 Å². The summed E-state index contributed by atoms with van der Waals surface area (Å²) in [4.78, 5) is 38.7. The van der Waals surface area contributed by atoms with Crippen molar-refractivity contribution in [3.63, 3.8) is 0 Å². The Morgan fingerprint density at radius 3 is 2.18 bits per heavy atom. The lowest BCUT2D eigenvalue weighted by molar-refractivity contribution is -0.138. The van der Waals surface area contributed by atoms with Crippen molar-refractivity contribution in [3.8, 4) is 0 Å². The predicted molar refractivity (Wildman–Crippen MR) is 128 cm³/mol. The number of rotatable bonds is 7. The van der Waals surface area contributed by atoms with Crippen LogP contribution in [0.15, 0.2) is 89.6 Å².